The molecule has 24 heavy (non-hydrogen) atoms. The fourth-order valence-electron chi connectivity index (χ4n) is 1.74. The number of anilines is 1. The summed E-state index contributed by atoms with van der Waals surface area (Å²) in [6.07, 6.45) is 1.92. The first-order chi connectivity index (χ1) is 11.4. The van der Waals surface area contributed by atoms with E-state index in [0.717, 1.165) is 0 Å². The predicted molar refractivity (Wildman–Crippen MR) is 90.1 cm³/mol. The SMILES string of the molecule is CNS(=O)(=O)c1cccc(NC(=O)NCc2nc(CSC)no2)c1. The fourth-order valence-corrected chi connectivity index (χ4v) is 2.89. The molecule has 0 atom stereocenters. The Balaban J connectivity index is 1.93. The summed E-state index contributed by atoms with van der Waals surface area (Å²) in [4.78, 5) is 16.0. The van der Waals surface area contributed by atoms with Crippen molar-refractivity contribution in [3.63, 3.8) is 0 Å². The number of carbonyl (C=O) groups is 1. The molecule has 0 fully saturated rings. The molecule has 0 aliphatic heterocycles. The summed E-state index contributed by atoms with van der Waals surface area (Å²) in [5.74, 6) is 1.48. The predicted octanol–water partition coefficient (Wildman–Crippen LogP) is 1.16. The van der Waals surface area contributed by atoms with E-state index in [-0.39, 0.29) is 11.4 Å². The van der Waals surface area contributed by atoms with Crippen molar-refractivity contribution in [3.05, 3.63) is 36.0 Å². The molecule has 0 saturated heterocycles. The third-order valence-corrected chi connectivity index (χ3v) is 4.81. The first-order valence-electron chi connectivity index (χ1n) is 6.83. The van der Waals surface area contributed by atoms with Gasteiger partial charge in [0, 0.05) is 5.69 Å². The van der Waals surface area contributed by atoms with E-state index >= 15 is 0 Å². The minimum Gasteiger partial charge on any atom is -0.337 e. The highest BCUT2D eigenvalue weighted by molar-refractivity contribution is 7.97. The van der Waals surface area contributed by atoms with Gasteiger partial charge in [-0.1, -0.05) is 11.2 Å². The number of amides is 2. The van der Waals surface area contributed by atoms with Gasteiger partial charge < -0.3 is 15.2 Å². The number of rotatable bonds is 7. The Labute approximate surface area is 143 Å². The highest BCUT2D eigenvalue weighted by Crippen LogP contribution is 2.15. The lowest BCUT2D eigenvalue weighted by Gasteiger charge is -2.08. The van der Waals surface area contributed by atoms with Crippen LogP contribution in [-0.4, -0.2) is 37.9 Å². The molecule has 1 heterocycles. The van der Waals surface area contributed by atoms with Gasteiger partial charge in [0.1, 0.15) is 0 Å². The first-order valence-corrected chi connectivity index (χ1v) is 9.71. The van der Waals surface area contributed by atoms with Gasteiger partial charge in [-0.25, -0.2) is 17.9 Å². The normalized spacial score (nSPS) is 11.2. The van der Waals surface area contributed by atoms with Crippen molar-refractivity contribution in [3.8, 4) is 0 Å². The molecule has 0 bridgehead atoms. The van der Waals surface area contributed by atoms with Gasteiger partial charge in [-0.05, 0) is 31.5 Å². The molecular formula is C13H17N5O4S2. The number of thioether (sulfide) groups is 1. The highest BCUT2D eigenvalue weighted by atomic mass is 32.2. The Bertz CT molecular complexity index is 806. The molecule has 0 spiro atoms. The number of aromatic nitrogens is 2. The van der Waals surface area contributed by atoms with Crippen molar-refractivity contribution in [1.29, 1.82) is 0 Å². The van der Waals surface area contributed by atoms with E-state index in [2.05, 4.69) is 25.5 Å². The Morgan fingerprint density at radius 3 is 2.88 bits per heavy atom. The first kappa shape index (κ1) is 18.2. The summed E-state index contributed by atoms with van der Waals surface area (Å²) in [6, 6.07) is 5.39. The van der Waals surface area contributed by atoms with E-state index in [4.69, 9.17) is 4.52 Å². The molecule has 9 nitrogen and oxygen atoms in total. The molecule has 1 aromatic heterocycles. The number of hydrogen-bond acceptors (Lipinski definition) is 7. The molecule has 11 heteroatoms. The molecule has 3 N–H and O–H groups in total. The molecule has 2 aromatic rings. The lowest BCUT2D eigenvalue weighted by Crippen LogP contribution is -2.28. The van der Waals surface area contributed by atoms with Crippen molar-refractivity contribution in [1.82, 2.24) is 20.2 Å². The average Bonchev–Trinajstić information content (AvgIpc) is 3.01. The van der Waals surface area contributed by atoms with Crippen LogP contribution in [0.25, 0.3) is 0 Å². The van der Waals surface area contributed by atoms with Crippen LogP contribution < -0.4 is 15.4 Å². The van der Waals surface area contributed by atoms with Crippen LogP contribution in [0.3, 0.4) is 0 Å². The lowest BCUT2D eigenvalue weighted by molar-refractivity contribution is 0.249. The summed E-state index contributed by atoms with van der Waals surface area (Å²) >= 11 is 1.56. The zero-order chi connectivity index (χ0) is 17.6. The summed E-state index contributed by atoms with van der Waals surface area (Å²) in [5, 5.41) is 8.86. The van der Waals surface area contributed by atoms with Crippen LogP contribution in [0.4, 0.5) is 10.5 Å². The highest BCUT2D eigenvalue weighted by Gasteiger charge is 2.13. The maximum Gasteiger partial charge on any atom is 0.319 e. The van der Waals surface area contributed by atoms with Crippen LogP contribution in [0, 0.1) is 0 Å². The third kappa shape index (κ3) is 4.94. The second-order valence-corrected chi connectivity index (χ2v) is 7.33. The van der Waals surface area contributed by atoms with Crippen LogP contribution in [0.5, 0.6) is 0 Å². The molecule has 0 aliphatic carbocycles. The minimum absolute atomic E-state index is 0.0569. The average molecular weight is 371 g/mol. The minimum atomic E-state index is -3.57. The van der Waals surface area contributed by atoms with Gasteiger partial charge in [-0.15, -0.1) is 0 Å². The Morgan fingerprint density at radius 2 is 2.17 bits per heavy atom. The molecule has 130 valence electrons. The summed E-state index contributed by atoms with van der Waals surface area (Å²) in [6.45, 7) is 0.0711. The lowest BCUT2D eigenvalue weighted by atomic mass is 10.3. The number of benzene rings is 1. The molecular weight excluding hydrogens is 354 g/mol. The third-order valence-electron chi connectivity index (χ3n) is 2.85. The van der Waals surface area contributed by atoms with E-state index in [1.807, 2.05) is 6.26 Å². The van der Waals surface area contributed by atoms with Crippen LogP contribution in [0.1, 0.15) is 11.7 Å². The van der Waals surface area contributed by atoms with Gasteiger partial charge in [0.15, 0.2) is 5.82 Å². The molecule has 0 saturated carbocycles. The van der Waals surface area contributed by atoms with Gasteiger partial charge in [0.2, 0.25) is 15.9 Å². The van der Waals surface area contributed by atoms with Crippen LogP contribution >= 0.6 is 11.8 Å². The monoisotopic (exact) mass is 371 g/mol. The number of sulfonamides is 1. The summed E-state index contributed by atoms with van der Waals surface area (Å²) < 4.78 is 30.7. The summed E-state index contributed by atoms with van der Waals surface area (Å²) in [7, 11) is -2.25. The van der Waals surface area contributed by atoms with Crippen molar-refractivity contribution in [2.45, 2.75) is 17.2 Å². The topological polar surface area (TPSA) is 126 Å². The second kappa shape index (κ2) is 8.13. The van der Waals surface area contributed by atoms with Gasteiger partial charge >= 0.3 is 6.03 Å². The molecule has 0 unspecified atom stereocenters. The Morgan fingerprint density at radius 1 is 1.38 bits per heavy atom. The molecule has 1 aromatic carbocycles. The number of nitrogens with one attached hydrogen (secondary N) is 3. The van der Waals surface area contributed by atoms with E-state index in [9.17, 15) is 13.2 Å². The summed E-state index contributed by atoms with van der Waals surface area (Å²) in [5.41, 5.74) is 0.345. The van der Waals surface area contributed by atoms with Crippen molar-refractivity contribution >= 4 is 33.5 Å². The largest absolute Gasteiger partial charge is 0.337 e. The van der Waals surface area contributed by atoms with Crippen molar-refractivity contribution < 1.29 is 17.7 Å². The van der Waals surface area contributed by atoms with Crippen LogP contribution in [-0.2, 0) is 22.3 Å². The maximum absolute atomic E-state index is 11.9. The fraction of sp³-hybridized carbons (Fsp3) is 0.308. The zero-order valence-corrected chi connectivity index (χ0v) is 14.7. The van der Waals surface area contributed by atoms with Gasteiger partial charge in [-0.3, -0.25) is 0 Å². The van der Waals surface area contributed by atoms with E-state index < -0.39 is 16.1 Å². The van der Waals surface area contributed by atoms with Crippen molar-refractivity contribution in [2.75, 3.05) is 18.6 Å². The molecule has 0 aliphatic rings. The molecule has 2 amide bonds. The van der Waals surface area contributed by atoms with E-state index in [1.54, 1.807) is 17.8 Å². The zero-order valence-electron chi connectivity index (χ0n) is 13.1. The van der Waals surface area contributed by atoms with Crippen LogP contribution in [0.15, 0.2) is 33.7 Å². The molecule has 0 radical (unpaired) electrons. The Kier molecular flexibility index (Phi) is 6.17. The van der Waals surface area contributed by atoms with E-state index in [1.165, 1.54) is 25.2 Å². The molecule has 2 rings (SSSR count). The Hall–Kier alpha value is -2.11. The number of nitrogens with zero attached hydrogens (tertiary/aromatic N) is 2. The number of carbonyl (C=O) groups excluding carboxylic acids is 1. The van der Waals surface area contributed by atoms with Gasteiger partial charge in [-0.2, -0.15) is 16.7 Å². The quantitative estimate of drug-likeness (QED) is 0.666. The van der Waals surface area contributed by atoms with Crippen LogP contribution in [0.2, 0.25) is 0 Å². The van der Waals surface area contributed by atoms with Gasteiger partial charge in [0.05, 0.1) is 17.2 Å². The number of hydrogen-bond donors (Lipinski definition) is 3. The van der Waals surface area contributed by atoms with E-state index in [0.29, 0.717) is 23.2 Å². The van der Waals surface area contributed by atoms with Crippen molar-refractivity contribution in [2.24, 2.45) is 0 Å². The van der Waals surface area contributed by atoms with Gasteiger partial charge in [0.25, 0.3) is 0 Å². The number of urea groups is 1. The second-order valence-electron chi connectivity index (χ2n) is 4.58. The smallest absolute Gasteiger partial charge is 0.319 e. The standard InChI is InChI=1S/C13H17N5O4S2/c1-14-24(20,21)10-5-3-4-9(6-10)16-13(19)15-7-12-17-11(8-23-2)18-22-12/h3-6,14H,7-8H2,1-2H3,(H2,15,16,19). The maximum atomic E-state index is 11.9.